The van der Waals surface area contributed by atoms with E-state index in [4.69, 9.17) is 11.6 Å². The monoisotopic (exact) mass is 370 g/mol. The van der Waals surface area contributed by atoms with Crippen molar-refractivity contribution in [1.82, 2.24) is 25.2 Å². The Bertz CT molecular complexity index is 1050. The summed E-state index contributed by atoms with van der Waals surface area (Å²) in [5.74, 6) is 0.229. The summed E-state index contributed by atoms with van der Waals surface area (Å²) in [7, 11) is 0. The lowest BCUT2D eigenvalue weighted by Crippen LogP contribution is -2.29. The summed E-state index contributed by atoms with van der Waals surface area (Å²) in [6, 6.07) is 10.9. The second kappa shape index (κ2) is 6.50. The second-order valence-electron chi connectivity index (χ2n) is 5.05. The van der Waals surface area contributed by atoms with Gasteiger partial charge in [-0.05, 0) is 29.6 Å². The maximum Gasteiger partial charge on any atom is 0.279 e. The Labute approximate surface area is 151 Å². The summed E-state index contributed by atoms with van der Waals surface area (Å²) in [6.45, 7) is 0. The number of carbonyl (C=O) groups is 1. The topological polar surface area (TPSA) is 84.7 Å². The van der Waals surface area contributed by atoms with Gasteiger partial charge in [0, 0.05) is 5.02 Å². The molecule has 0 unspecified atom stereocenters. The second-order valence-corrected chi connectivity index (χ2v) is 6.44. The number of nitrogens with zero attached hydrogens (tertiary/aromatic N) is 4. The number of benzene rings is 1. The van der Waals surface area contributed by atoms with Crippen LogP contribution in [0.25, 0.3) is 16.7 Å². The molecule has 3 aromatic heterocycles. The van der Waals surface area contributed by atoms with Gasteiger partial charge in [-0.3, -0.25) is 15.6 Å². The van der Waals surface area contributed by atoms with Crippen LogP contribution in [0.2, 0.25) is 5.02 Å². The molecule has 0 aliphatic carbocycles. The molecule has 25 heavy (non-hydrogen) atoms. The Morgan fingerprint density at radius 2 is 2.12 bits per heavy atom. The average molecular weight is 371 g/mol. The zero-order valence-electron chi connectivity index (χ0n) is 12.7. The number of halogens is 1. The molecule has 0 saturated carbocycles. The quantitative estimate of drug-likeness (QED) is 0.538. The van der Waals surface area contributed by atoms with E-state index in [1.165, 1.54) is 17.7 Å². The van der Waals surface area contributed by atoms with Gasteiger partial charge in [0.05, 0.1) is 22.1 Å². The molecule has 9 heteroatoms. The van der Waals surface area contributed by atoms with Crippen molar-refractivity contribution in [3.63, 3.8) is 0 Å². The molecule has 0 bridgehead atoms. The van der Waals surface area contributed by atoms with Crippen molar-refractivity contribution in [2.75, 3.05) is 5.43 Å². The molecule has 4 rings (SSSR count). The number of thiophene rings is 1. The first kappa shape index (κ1) is 15.6. The highest BCUT2D eigenvalue weighted by molar-refractivity contribution is 7.12. The summed E-state index contributed by atoms with van der Waals surface area (Å²) in [4.78, 5) is 21.1. The third-order valence-electron chi connectivity index (χ3n) is 3.46. The van der Waals surface area contributed by atoms with Crippen molar-refractivity contribution in [3.8, 4) is 5.69 Å². The molecule has 7 nitrogen and oxygen atoms in total. The van der Waals surface area contributed by atoms with Crippen LogP contribution in [0, 0.1) is 0 Å². The number of anilines is 1. The van der Waals surface area contributed by atoms with Crippen LogP contribution in [0.15, 0.2) is 54.3 Å². The molecule has 0 atom stereocenters. The van der Waals surface area contributed by atoms with E-state index in [-0.39, 0.29) is 5.91 Å². The number of rotatable bonds is 4. The van der Waals surface area contributed by atoms with Crippen LogP contribution in [-0.4, -0.2) is 25.7 Å². The van der Waals surface area contributed by atoms with E-state index in [0.29, 0.717) is 26.8 Å². The molecule has 0 saturated heterocycles. The van der Waals surface area contributed by atoms with Crippen molar-refractivity contribution in [3.05, 3.63) is 64.2 Å². The fourth-order valence-corrected chi connectivity index (χ4v) is 3.13. The zero-order valence-corrected chi connectivity index (χ0v) is 14.3. The normalized spacial score (nSPS) is 10.8. The number of hydrazine groups is 1. The van der Waals surface area contributed by atoms with Gasteiger partial charge in [-0.15, -0.1) is 11.3 Å². The van der Waals surface area contributed by atoms with E-state index in [9.17, 15) is 4.79 Å². The van der Waals surface area contributed by atoms with Gasteiger partial charge < -0.3 is 0 Å². The molecule has 1 aromatic carbocycles. The fraction of sp³-hybridized carbons (Fsp3) is 0. The average Bonchev–Trinajstić information content (AvgIpc) is 3.29. The van der Waals surface area contributed by atoms with Gasteiger partial charge in [0.2, 0.25) is 0 Å². The van der Waals surface area contributed by atoms with Crippen LogP contribution in [-0.2, 0) is 0 Å². The minimum atomic E-state index is -0.232. The van der Waals surface area contributed by atoms with Crippen molar-refractivity contribution in [2.45, 2.75) is 0 Å². The van der Waals surface area contributed by atoms with Gasteiger partial charge in [0.15, 0.2) is 11.5 Å². The lowest BCUT2D eigenvalue weighted by molar-refractivity contribution is 0.0966. The lowest BCUT2D eigenvalue weighted by atomic mass is 10.3. The van der Waals surface area contributed by atoms with Crippen LogP contribution in [0.4, 0.5) is 5.82 Å². The molecule has 2 N–H and O–H groups in total. The van der Waals surface area contributed by atoms with Gasteiger partial charge in [0.25, 0.3) is 5.91 Å². The van der Waals surface area contributed by atoms with Crippen molar-refractivity contribution >= 4 is 45.7 Å². The minimum absolute atomic E-state index is 0.232. The number of carbonyl (C=O) groups excluding carboxylic acids is 1. The standard InChI is InChI=1S/C16H11ClN6OS/c17-10-3-1-4-11(7-10)23-15-12(8-20-23)14(18-9-19-15)21-22-16(24)13-5-2-6-25-13/h1-9H,(H,22,24)(H,18,19,21). The number of aromatic nitrogens is 4. The van der Waals surface area contributed by atoms with Gasteiger partial charge in [0.1, 0.15) is 6.33 Å². The lowest BCUT2D eigenvalue weighted by Gasteiger charge is -2.08. The highest BCUT2D eigenvalue weighted by atomic mass is 35.5. The molecule has 0 aliphatic rings. The molecule has 0 aliphatic heterocycles. The third kappa shape index (κ3) is 3.04. The van der Waals surface area contributed by atoms with E-state index in [0.717, 1.165) is 5.69 Å². The molecule has 124 valence electrons. The van der Waals surface area contributed by atoms with E-state index >= 15 is 0 Å². The first-order chi connectivity index (χ1) is 12.2. The first-order valence-corrected chi connectivity index (χ1v) is 8.52. The fourth-order valence-electron chi connectivity index (χ4n) is 2.33. The third-order valence-corrected chi connectivity index (χ3v) is 4.56. The van der Waals surface area contributed by atoms with Crippen LogP contribution in [0.5, 0.6) is 0 Å². The molecule has 4 aromatic rings. The number of hydrogen-bond acceptors (Lipinski definition) is 6. The van der Waals surface area contributed by atoms with Gasteiger partial charge >= 0.3 is 0 Å². The SMILES string of the molecule is O=C(NNc1ncnc2c1cnn2-c1cccc(Cl)c1)c1cccs1. The van der Waals surface area contributed by atoms with Crippen LogP contribution in [0.1, 0.15) is 9.67 Å². The number of hydrogen-bond donors (Lipinski definition) is 2. The highest BCUT2D eigenvalue weighted by Crippen LogP contribution is 2.22. The molecular weight excluding hydrogens is 360 g/mol. The Morgan fingerprint density at radius 3 is 2.92 bits per heavy atom. The van der Waals surface area contributed by atoms with Crippen molar-refractivity contribution in [2.24, 2.45) is 0 Å². The van der Waals surface area contributed by atoms with Gasteiger partial charge in [-0.1, -0.05) is 23.7 Å². The van der Waals surface area contributed by atoms with E-state index in [1.54, 1.807) is 29.1 Å². The summed E-state index contributed by atoms with van der Waals surface area (Å²) < 4.78 is 1.66. The smallest absolute Gasteiger partial charge is 0.279 e. The Morgan fingerprint density at radius 1 is 1.20 bits per heavy atom. The molecular formula is C16H11ClN6OS. The molecule has 0 spiro atoms. The predicted molar refractivity (Wildman–Crippen MR) is 97.1 cm³/mol. The number of amides is 1. The van der Waals surface area contributed by atoms with Gasteiger partial charge in [-0.25, -0.2) is 14.6 Å². The van der Waals surface area contributed by atoms with Crippen LogP contribution < -0.4 is 10.9 Å². The van der Waals surface area contributed by atoms with Crippen LogP contribution >= 0.6 is 22.9 Å². The van der Waals surface area contributed by atoms with Crippen LogP contribution in [0.3, 0.4) is 0 Å². The molecule has 1 amide bonds. The predicted octanol–water partition coefficient (Wildman–Crippen LogP) is 3.29. The molecule has 0 fully saturated rings. The Hall–Kier alpha value is -2.97. The Kier molecular flexibility index (Phi) is 4.04. The maximum absolute atomic E-state index is 12.0. The Balaban J connectivity index is 1.64. The summed E-state index contributed by atoms with van der Waals surface area (Å²) >= 11 is 7.40. The highest BCUT2D eigenvalue weighted by Gasteiger charge is 2.12. The van der Waals surface area contributed by atoms with Gasteiger partial charge in [-0.2, -0.15) is 5.10 Å². The zero-order chi connectivity index (χ0) is 17.2. The largest absolute Gasteiger partial charge is 0.281 e. The van der Waals surface area contributed by atoms with E-state index in [1.807, 2.05) is 23.6 Å². The number of nitrogens with one attached hydrogen (secondary N) is 2. The number of fused-ring (bicyclic) bond motifs is 1. The van der Waals surface area contributed by atoms with E-state index in [2.05, 4.69) is 25.9 Å². The maximum atomic E-state index is 12.0. The van der Waals surface area contributed by atoms with E-state index < -0.39 is 0 Å². The molecule has 0 radical (unpaired) electrons. The minimum Gasteiger partial charge on any atom is -0.281 e. The summed E-state index contributed by atoms with van der Waals surface area (Å²) in [5.41, 5.74) is 6.84. The van der Waals surface area contributed by atoms with Crippen molar-refractivity contribution < 1.29 is 4.79 Å². The molecule has 3 heterocycles. The summed E-state index contributed by atoms with van der Waals surface area (Å²) in [5, 5.41) is 7.47. The van der Waals surface area contributed by atoms with Crippen molar-refractivity contribution in [1.29, 1.82) is 0 Å². The first-order valence-electron chi connectivity index (χ1n) is 7.27. The summed E-state index contributed by atoms with van der Waals surface area (Å²) in [6.07, 6.45) is 3.04.